The first-order valence-electron chi connectivity index (χ1n) is 9.26. The van der Waals surface area contributed by atoms with Crippen molar-refractivity contribution in [3.63, 3.8) is 0 Å². The third-order valence-corrected chi connectivity index (χ3v) is 6.66. The Bertz CT molecular complexity index is 613. The Morgan fingerprint density at radius 3 is 2.21 bits per heavy atom. The third-order valence-electron chi connectivity index (χ3n) is 6.66. The topological polar surface area (TPSA) is 29.1 Å². The molecule has 4 aliphatic rings. The summed E-state index contributed by atoms with van der Waals surface area (Å²) in [6, 6.07) is 6.42. The molecule has 1 N–H and O–H groups in total. The average molecular weight is 327 g/mol. The molecule has 1 aromatic rings. The molecule has 0 radical (unpaired) electrons. The van der Waals surface area contributed by atoms with E-state index in [0.717, 1.165) is 23.3 Å². The van der Waals surface area contributed by atoms with E-state index in [0.29, 0.717) is 5.41 Å². The Labute approximate surface area is 143 Å². The number of halogens is 1. The van der Waals surface area contributed by atoms with Crippen molar-refractivity contribution < 1.29 is 9.18 Å². The molecule has 4 bridgehead atoms. The van der Waals surface area contributed by atoms with Crippen molar-refractivity contribution in [2.24, 2.45) is 23.2 Å². The maximum Gasteiger partial charge on any atom is 0.244 e. The van der Waals surface area contributed by atoms with E-state index in [2.05, 4.69) is 12.2 Å². The van der Waals surface area contributed by atoms with Crippen molar-refractivity contribution in [2.45, 2.75) is 51.5 Å². The quantitative estimate of drug-likeness (QED) is 0.807. The van der Waals surface area contributed by atoms with Crippen LogP contribution in [-0.2, 0) is 4.79 Å². The molecule has 4 aliphatic carbocycles. The number of carbonyl (C=O) groups is 1. The van der Waals surface area contributed by atoms with Crippen LogP contribution >= 0.6 is 0 Å². The van der Waals surface area contributed by atoms with Crippen LogP contribution in [0.4, 0.5) is 4.39 Å². The largest absolute Gasteiger partial charge is 0.350 e. The Hall–Kier alpha value is -1.64. The van der Waals surface area contributed by atoms with Gasteiger partial charge in [0.25, 0.3) is 0 Å². The fraction of sp³-hybridized carbons (Fsp3) is 0.571. The van der Waals surface area contributed by atoms with E-state index < -0.39 is 0 Å². The van der Waals surface area contributed by atoms with Gasteiger partial charge in [0.15, 0.2) is 0 Å². The Morgan fingerprint density at radius 2 is 1.67 bits per heavy atom. The van der Waals surface area contributed by atoms with Gasteiger partial charge in [-0.2, -0.15) is 0 Å². The van der Waals surface area contributed by atoms with Gasteiger partial charge in [0, 0.05) is 12.1 Å². The predicted octanol–water partition coefficient (Wildman–Crippen LogP) is 4.56. The van der Waals surface area contributed by atoms with Crippen LogP contribution in [0.15, 0.2) is 30.3 Å². The van der Waals surface area contributed by atoms with Crippen LogP contribution in [0.5, 0.6) is 0 Å². The number of amides is 1. The summed E-state index contributed by atoms with van der Waals surface area (Å²) in [4.78, 5) is 12.3. The smallest absolute Gasteiger partial charge is 0.244 e. The standard InChI is InChI=1S/C21H26FNO/c1-14(21-11-16-8-17(12-21)10-18(9-16)13-21)23-20(24)7-4-15-2-5-19(22)6-3-15/h2-7,14,16-18H,8-13H2,1H3,(H,23,24)/b7-4+/t14-,16?,17?,18?,21?/m0/s1. The summed E-state index contributed by atoms with van der Waals surface area (Å²) in [6.07, 6.45) is 11.5. The van der Waals surface area contributed by atoms with Gasteiger partial charge in [-0.3, -0.25) is 4.79 Å². The van der Waals surface area contributed by atoms with Crippen LogP contribution in [0, 0.1) is 29.0 Å². The highest BCUT2D eigenvalue weighted by molar-refractivity contribution is 5.91. The summed E-state index contributed by atoms with van der Waals surface area (Å²) in [5.74, 6) is 2.38. The Morgan fingerprint density at radius 1 is 1.12 bits per heavy atom. The van der Waals surface area contributed by atoms with Crippen LogP contribution in [0.1, 0.15) is 51.0 Å². The molecule has 0 heterocycles. The molecule has 4 fully saturated rings. The molecule has 1 aromatic carbocycles. The van der Waals surface area contributed by atoms with E-state index in [1.54, 1.807) is 24.3 Å². The number of nitrogens with one attached hydrogen (secondary N) is 1. The monoisotopic (exact) mass is 327 g/mol. The second kappa shape index (κ2) is 6.02. The predicted molar refractivity (Wildman–Crippen MR) is 93.6 cm³/mol. The number of carbonyl (C=O) groups excluding carboxylic acids is 1. The molecule has 0 saturated heterocycles. The highest BCUT2D eigenvalue weighted by Crippen LogP contribution is 2.61. The maximum absolute atomic E-state index is 12.9. The van der Waals surface area contributed by atoms with Crippen molar-refractivity contribution in [1.82, 2.24) is 5.32 Å². The van der Waals surface area contributed by atoms with Gasteiger partial charge in [-0.1, -0.05) is 12.1 Å². The van der Waals surface area contributed by atoms with E-state index in [9.17, 15) is 9.18 Å². The van der Waals surface area contributed by atoms with E-state index in [4.69, 9.17) is 0 Å². The molecule has 5 rings (SSSR count). The fourth-order valence-corrected chi connectivity index (χ4v) is 5.87. The molecular weight excluding hydrogens is 301 g/mol. The van der Waals surface area contributed by atoms with Gasteiger partial charge in [-0.15, -0.1) is 0 Å². The van der Waals surface area contributed by atoms with Gasteiger partial charge in [0.1, 0.15) is 5.82 Å². The van der Waals surface area contributed by atoms with E-state index in [-0.39, 0.29) is 17.8 Å². The summed E-state index contributed by atoms with van der Waals surface area (Å²) >= 11 is 0. The van der Waals surface area contributed by atoms with Crippen molar-refractivity contribution >= 4 is 12.0 Å². The zero-order valence-corrected chi connectivity index (χ0v) is 14.3. The molecule has 2 nitrogen and oxygen atoms in total. The zero-order valence-electron chi connectivity index (χ0n) is 14.3. The van der Waals surface area contributed by atoms with Crippen LogP contribution in [0.2, 0.25) is 0 Å². The minimum Gasteiger partial charge on any atom is -0.350 e. The van der Waals surface area contributed by atoms with Crippen LogP contribution < -0.4 is 5.32 Å². The first kappa shape index (κ1) is 15.9. The second-order valence-corrected chi connectivity index (χ2v) is 8.40. The van der Waals surface area contributed by atoms with Crippen molar-refractivity contribution in [3.8, 4) is 0 Å². The molecule has 0 aliphatic heterocycles. The second-order valence-electron chi connectivity index (χ2n) is 8.40. The SMILES string of the molecule is C[C@H](NC(=O)/C=C/c1ccc(F)cc1)C12CC3CC(CC(C3)C1)C2. The first-order valence-corrected chi connectivity index (χ1v) is 9.26. The summed E-state index contributed by atoms with van der Waals surface area (Å²) in [5, 5.41) is 3.22. The summed E-state index contributed by atoms with van der Waals surface area (Å²) in [6.45, 7) is 2.19. The molecule has 4 saturated carbocycles. The van der Waals surface area contributed by atoms with Gasteiger partial charge in [-0.25, -0.2) is 4.39 Å². The van der Waals surface area contributed by atoms with Crippen molar-refractivity contribution in [1.29, 1.82) is 0 Å². The highest BCUT2D eigenvalue weighted by atomic mass is 19.1. The van der Waals surface area contributed by atoms with Crippen LogP contribution in [0.3, 0.4) is 0 Å². The lowest BCUT2D eigenvalue weighted by atomic mass is 9.48. The number of rotatable bonds is 4. The summed E-state index contributed by atoms with van der Waals surface area (Å²) < 4.78 is 12.9. The number of hydrogen-bond acceptors (Lipinski definition) is 1. The number of benzene rings is 1. The Kier molecular flexibility index (Phi) is 3.98. The van der Waals surface area contributed by atoms with Gasteiger partial charge >= 0.3 is 0 Å². The number of hydrogen-bond donors (Lipinski definition) is 1. The van der Waals surface area contributed by atoms with E-state index >= 15 is 0 Å². The van der Waals surface area contributed by atoms with Crippen molar-refractivity contribution in [2.75, 3.05) is 0 Å². The lowest BCUT2D eigenvalue weighted by Crippen LogP contribution is -2.55. The van der Waals surface area contributed by atoms with Gasteiger partial charge in [0.05, 0.1) is 0 Å². The van der Waals surface area contributed by atoms with E-state index in [1.165, 1.54) is 50.7 Å². The normalized spacial score (nSPS) is 35.3. The van der Waals surface area contributed by atoms with Gasteiger partial charge in [0.2, 0.25) is 5.91 Å². The zero-order chi connectivity index (χ0) is 16.7. The summed E-state index contributed by atoms with van der Waals surface area (Å²) in [5.41, 5.74) is 1.17. The van der Waals surface area contributed by atoms with Crippen LogP contribution in [-0.4, -0.2) is 11.9 Å². The molecule has 0 unspecified atom stereocenters. The Balaban J connectivity index is 1.39. The molecule has 1 amide bonds. The third kappa shape index (κ3) is 3.01. The molecule has 128 valence electrons. The molecular formula is C21H26FNO. The molecule has 3 heteroatoms. The lowest BCUT2D eigenvalue weighted by molar-refractivity contribution is -0.121. The molecule has 1 atom stereocenters. The van der Waals surface area contributed by atoms with Gasteiger partial charge in [-0.05, 0) is 92.4 Å². The lowest BCUT2D eigenvalue weighted by Gasteiger charge is -2.59. The highest BCUT2D eigenvalue weighted by Gasteiger charge is 2.53. The average Bonchev–Trinajstić information content (AvgIpc) is 2.53. The van der Waals surface area contributed by atoms with Crippen LogP contribution in [0.25, 0.3) is 6.08 Å². The van der Waals surface area contributed by atoms with E-state index in [1.807, 2.05) is 0 Å². The molecule has 24 heavy (non-hydrogen) atoms. The molecule has 0 aromatic heterocycles. The first-order chi connectivity index (χ1) is 11.5. The maximum atomic E-state index is 12.9. The van der Waals surface area contributed by atoms with Crippen molar-refractivity contribution in [3.05, 3.63) is 41.7 Å². The van der Waals surface area contributed by atoms with Gasteiger partial charge < -0.3 is 5.32 Å². The fourth-order valence-electron chi connectivity index (χ4n) is 5.87. The summed E-state index contributed by atoms with van der Waals surface area (Å²) in [7, 11) is 0. The minimum absolute atomic E-state index is 0.0393. The molecule has 0 spiro atoms. The minimum atomic E-state index is -0.257.